The number of rotatable bonds is 6. The zero-order valence-corrected chi connectivity index (χ0v) is 11.8. The maximum atomic E-state index is 11.9. The molecule has 122 valence electrons. The van der Waals surface area contributed by atoms with Gasteiger partial charge in [0.2, 0.25) is 5.91 Å². The molecule has 5 nitrogen and oxygen atoms in total. The van der Waals surface area contributed by atoms with Crippen molar-refractivity contribution in [2.75, 3.05) is 18.5 Å². The minimum atomic E-state index is -4.46. The number of benzene rings is 1. The molecule has 1 heterocycles. The number of nitrogens with one attached hydrogen (secondary N) is 1. The molecule has 0 fully saturated rings. The number of anilines is 1. The molecule has 1 aromatic carbocycles. The summed E-state index contributed by atoms with van der Waals surface area (Å²) in [6.45, 7) is -2.15. The third-order valence-corrected chi connectivity index (χ3v) is 2.50. The number of nitrogens with zero attached hydrogens (tertiary/aromatic N) is 1. The number of amides is 1. The lowest BCUT2D eigenvalue weighted by Gasteiger charge is -2.10. The quantitative estimate of drug-likeness (QED) is 0.884. The molecule has 0 aliphatic carbocycles. The number of alkyl halides is 3. The summed E-state index contributed by atoms with van der Waals surface area (Å²) in [6.07, 6.45) is -1.32. The van der Waals surface area contributed by atoms with E-state index in [4.69, 9.17) is 4.74 Å². The Morgan fingerprint density at radius 3 is 2.57 bits per heavy atom. The molecule has 0 saturated heterocycles. The van der Waals surface area contributed by atoms with Gasteiger partial charge in [0, 0.05) is 24.1 Å². The lowest BCUT2D eigenvalue weighted by Crippen LogP contribution is -2.23. The number of pyridine rings is 1. The molecule has 0 aliphatic rings. The van der Waals surface area contributed by atoms with Crippen molar-refractivity contribution in [3.05, 3.63) is 48.8 Å². The highest BCUT2D eigenvalue weighted by Gasteiger charge is 2.27. The van der Waals surface area contributed by atoms with Crippen LogP contribution < -0.4 is 10.1 Å². The van der Waals surface area contributed by atoms with Crippen LogP contribution in [0.1, 0.15) is 0 Å². The molecule has 0 atom stereocenters. The van der Waals surface area contributed by atoms with E-state index in [2.05, 4.69) is 15.0 Å². The molecule has 0 radical (unpaired) electrons. The Hall–Kier alpha value is -2.61. The third kappa shape index (κ3) is 6.35. The van der Waals surface area contributed by atoms with Crippen LogP contribution in [0.2, 0.25) is 0 Å². The van der Waals surface area contributed by atoms with Crippen molar-refractivity contribution < 1.29 is 27.4 Å². The van der Waals surface area contributed by atoms with Crippen molar-refractivity contribution in [2.24, 2.45) is 0 Å². The van der Waals surface area contributed by atoms with Crippen LogP contribution in [0.25, 0.3) is 0 Å². The van der Waals surface area contributed by atoms with E-state index in [1.807, 2.05) is 0 Å². The van der Waals surface area contributed by atoms with Gasteiger partial charge in [0.1, 0.15) is 24.7 Å². The first-order valence-corrected chi connectivity index (χ1v) is 6.55. The predicted octanol–water partition coefficient (Wildman–Crippen LogP) is 3.39. The highest BCUT2D eigenvalue weighted by Crippen LogP contribution is 2.23. The summed E-state index contributed by atoms with van der Waals surface area (Å²) in [6, 6.07) is 9.77. The van der Waals surface area contributed by atoms with E-state index in [0.29, 0.717) is 17.2 Å². The molecule has 0 spiro atoms. The minimum absolute atomic E-state index is 0.386. The zero-order chi connectivity index (χ0) is 16.7. The summed E-state index contributed by atoms with van der Waals surface area (Å²) in [5.41, 5.74) is 0.386. The zero-order valence-electron chi connectivity index (χ0n) is 11.8. The largest absolute Gasteiger partial charge is 0.457 e. The maximum absolute atomic E-state index is 11.9. The summed E-state index contributed by atoms with van der Waals surface area (Å²) >= 11 is 0. The fraction of sp³-hybridized carbons (Fsp3) is 0.200. The first kappa shape index (κ1) is 16.8. The molecule has 23 heavy (non-hydrogen) atoms. The van der Waals surface area contributed by atoms with Gasteiger partial charge < -0.3 is 14.8 Å². The summed E-state index contributed by atoms with van der Waals surface area (Å²) in [5.74, 6) is 0.345. The summed E-state index contributed by atoms with van der Waals surface area (Å²) in [5, 5.41) is 2.43. The second-order valence-electron chi connectivity index (χ2n) is 4.47. The average Bonchev–Trinajstić information content (AvgIpc) is 2.47. The smallest absolute Gasteiger partial charge is 0.411 e. The van der Waals surface area contributed by atoms with Crippen molar-refractivity contribution in [3.8, 4) is 11.5 Å². The third-order valence-electron chi connectivity index (χ3n) is 2.50. The van der Waals surface area contributed by atoms with E-state index >= 15 is 0 Å². The highest BCUT2D eigenvalue weighted by atomic mass is 19.4. The summed E-state index contributed by atoms with van der Waals surface area (Å²) < 4.78 is 45.6. The Kier molecular flexibility index (Phi) is 5.53. The van der Waals surface area contributed by atoms with Crippen LogP contribution in [-0.4, -0.2) is 30.3 Å². The van der Waals surface area contributed by atoms with Gasteiger partial charge in [0.15, 0.2) is 0 Å². The van der Waals surface area contributed by atoms with Crippen LogP contribution in [0.15, 0.2) is 48.8 Å². The Balaban J connectivity index is 1.88. The maximum Gasteiger partial charge on any atom is 0.411 e. The van der Waals surface area contributed by atoms with Gasteiger partial charge in [-0.2, -0.15) is 13.2 Å². The Morgan fingerprint density at radius 2 is 1.87 bits per heavy atom. The molecule has 1 aromatic heterocycles. The average molecular weight is 326 g/mol. The van der Waals surface area contributed by atoms with E-state index in [1.165, 1.54) is 0 Å². The molecule has 0 saturated carbocycles. The Labute approximate surface area is 130 Å². The van der Waals surface area contributed by atoms with Crippen LogP contribution in [0.5, 0.6) is 11.5 Å². The van der Waals surface area contributed by atoms with Crippen molar-refractivity contribution >= 4 is 11.6 Å². The summed E-state index contributed by atoms with van der Waals surface area (Å²) in [4.78, 5) is 15.4. The van der Waals surface area contributed by atoms with Gasteiger partial charge in [-0.3, -0.25) is 9.78 Å². The number of ether oxygens (including phenoxy) is 2. The van der Waals surface area contributed by atoms with Crippen LogP contribution in [-0.2, 0) is 9.53 Å². The van der Waals surface area contributed by atoms with Gasteiger partial charge in [-0.1, -0.05) is 6.07 Å². The number of hydrogen-bond acceptors (Lipinski definition) is 4. The van der Waals surface area contributed by atoms with Gasteiger partial charge in [-0.25, -0.2) is 0 Å². The van der Waals surface area contributed by atoms with Crippen LogP contribution in [0.3, 0.4) is 0 Å². The predicted molar refractivity (Wildman–Crippen MR) is 76.3 cm³/mol. The van der Waals surface area contributed by atoms with Gasteiger partial charge in [-0.05, 0) is 24.3 Å². The number of halogens is 3. The normalized spacial score (nSPS) is 11.1. The Morgan fingerprint density at radius 1 is 1.13 bits per heavy atom. The fourth-order valence-electron chi connectivity index (χ4n) is 1.64. The first-order chi connectivity index (χ1) is 10.9. The molecule has 1 N–H and O–H groups in total. The minimum Gasteiger partial charge on any atom is -0.457 e. The fourth-order valence-corrected chi connectivity index (χ4v) is 1.64. The molecular formula is C15H13F3N2O3. The second kappa shape index (κ2) is 7.59. The monoisotopic (exact) mass is 326 g/mol. The van der Waals surface area contributed by atoms with Crippen LogP contribution in [0.4, 0.5) is 18.9 Å². The van der Waals surface area contributed by atoms with Gasteiger partial charge in [0.05, 0.1) is 0 Å². The van der Waals surface area contributed by atoms with Crippen molar-refractivity contribution in [1.82, 2.24) is 4.98 Å². The number of carbonyl (C=O) groups excluding carboxylic acids is 1. The van der Waals surface area contributed by atoms with E-state index in [1.54, 1.807) is 48.8 Å². The van der Waals surface area contributed by atoms with Crippen molar-refractivity contribution in [1.29, 1.82) is 0 Å². The highest BCUT2D eigenvalue weighted by molar-refractivity contribution is 5.91. The van der Waals surface area contributed by atoms with E-state index < -0.39 is 25.3 Å². The van der Waals surface area contributed by atoms with Gasteiger partial charge in [0.25, 0.3) is 0 Å². The van der Waals surface area contributed by atoms with E-state index in [0.717, 1.165) is 0 Å². The molecular weight excluding hydrogens is 313 g/mol. The lowest BCUT2D eigenvalue weighted by atomic mass is 10.3. The number of carbonyl (C=O) groups is 1. The second-order valence-corrected chi connectivity index (χ2v) is 4.47. The molecule has 0 unspecified atom stereocenters. The molecule has 2 rings (SSSR count). The van der Waals surface area contributed by atoms with E-state index in [-0.39, 0.29) is 0 Å². The topological polar surface area (TPSA) is 60.5 Å². The standard InChI is InChI=1S/C15H13F3N2O3/c16-15(17,18)10-22-9-14(21)20-11-2-1-3-13(8-11)23-12-4-6-19-7-5-12/h1-8H,9-10H2,(H,20,21). The molecule has 2 aromatic rings. The van der Waals surface area contributed by atoms with Crippen molar-refractivity contribution in [3.63, 3.8) is 0 Å². The molecule has 1 amide bonds. The van der Waals surface area contributed by atoms with Gasteiger partial charge in [-0.15, -0.1) is 0 Å². The summed E-state index contributed by atoms with van der Waals surface area (Å²) in [7, 11) is 0. The van der Waals surface area contributed by atoms with Crippen LogP contribution >= 0.6 is 0 Å². The lowest BCUT2D eigenvalue weighted by molar-refractivity contribution is -0.174. The first-order valence-electron chi connectivity index (χ1n) is 6.55. The van der Waals surface area contributed by atoms with Crippen LogP contribution in [0, 0.1) is 0 Å². The number of hydrogen-bond donors (Lipinski definition) is 1. The molecule has 0 aliphatic heterocycles. The molecule has 0 bridgehead atoms. The SMILES string of the molecule is O=C(COCC(F)(F)F)Nc1cccc(Oc2ccncc2)c1. The van der Waals surface area contributed by atoms with Crippen molar-refractivity contribution in [2.45, 2.75) is 6.18 Å². The Bertz CT molecular complexity index is 648. The van der Waals surface area contributed by atoms with Gasteiger partial charge >= 0.3 is 6.18 Å². The van der Waals surface area contributed by atoms with E-state index in [9.17, 15) is 18.0 Å². The number of aromatic nitrogens is 1. The molecule has 8 heteroatoms.